The molecular formula is C35H40LiNO2Si. The van der Waals surface area contributed by atoms with Crippen LogP contribution in [0, 0.1) is 6.92 Å². The number of rotatable bonds is 9. The van der Waals surface area contributed by atoms with E-state index in [1.54, 1.807) is 0 Å². The third-order valence-electron chi connectivity index (χ3n) is 7.70. The Bertz CT molecular complexity index is 1330. The quantitative estimate of drug-likeness (QED) is 0.238. The zero-order valence-corrected chi connectivity index (χ0v) is 25.9. The topological polar surface area (TPSA) is 29.5 Å². The summed E-state index contributed by atoms with van der Waals surface area (Å²) in [5.41, 5.74) is 1.86. The maximum absolute atomic E-state index is 14.1. The van der Waals surface area contributed by atoms with Crippen molar-refractivity contribution < 1.29 is 28.1 Å². The normalized spacial score (nSPS) is 11.9. The van der Waals surface area contributed by atoms with E-state index in [-0.39, 0.29) is 29.8 Å². The van der Waals surface area contributed by atoms with Gasteiger partial charge in [0.05, 0.1) is 12.1 Å². The summed E-state index contributed by atoms with van der Waals surface area (Å²) in [5.74, 6) is -0.0412. The average Bonchev–Trinajstić information content (AvgIpc) is 2.94. The van der Waals surface area contributed by atoms with Crippen LogP contribution in [0.3, 0.4) is 0 Å². The Morgan fingerprint density at radius 3 is 1.65 bits per heavy atom. The second-order valence-corrected chi connectivity index (χ2v) is 15.9. The summed E-state index contributed by atoms with van der Waals surface area (Å²) in [6, 6.07) is 39.0. The molecule has 0 radical (unpaired) electrons. The van der Waals surface area contributed by atoms with Crippen molar-refractivity contribution in [1.29, 1.82) is 0 Å². The SMILES string of the molecule is [CH2-]c1ccccc1C(=O)N(CCO[Si](c1ccccc1)(c1ccccc1)C(C)(C)C)C(C)(C)c1ccccc1.[Li+]. The Labute approximate surface area is 253 Å². The molecule has 4 aromatic rings. The molecule has 0 heterocycles. The van der Waals surface area contributed by atoms with Crippen LogP contribution in [0.2, 0.25) is 5.04 Å². The van der Waals surface area contributed by atoms with Gasteiger partial charge in [0.1, 0.15) is 0 Å². The first-order valence-corrected chi connectivity index (χ1v) is 15.5. The van der Waals surface area contributed by atoms with Crippen molar-refractivity contribution >= 4 is 24.6 Å². The van der Waals surface area contributed by atoms with E-state index >= 15 is 0 Å². The van der Waals surface area contributed by atoms with Crippen LogP contribution >= 0.6 is 0 Å². The van der Waals surface area contributed by atoms with Crippen LogP contribution in [0.15, 0.2) is 115 Å². The number of amides is 1. The second-order valence-electron chi connectivity index (χ2n) is 11.6. The first kappa shape index (κ1) is 31.5. The number of nitrogens with zero attached hydrogens (tertiary/aromatic N) is 1. The van der Waals surface area contributed by atoms with Crippen molar-refractivity contribution in [3.8, 4) is 0 Å². The molecular weight excluding hydrogens is 501 g/mol. The van der Waals surface area contributed by atoms with Gasteiger partial charge >= 0.3 is 18.9 Å². The van der Waals surface area contributed by atoms with Gasteiger partial charge in [-0.15, -0.1) is 12.1 Å². The first-order chi connectivity index (χ1) is 18.6. The van der Waals surface area contributed by atoms with Crippen molar-refractivity contribution in [3.05, 3.63) is 139 Å². The molecule has 0 aliphatic rings. The molecule has 0 aliphatic carbocycles. The van der Waals surface area contributed by atoms with Gasteiger partial charge < -0.3 is 9.33 Å². The Balaban J connectivity index is 0.00000441. The molecule has 4 rings (SSSR count). The molecule has 0 bridgehead atoms. The number of carbonyl (C=O) groups excluding carboxylic acids is 1. The number of benzene rings is 4. The summed E-state index contributed by atoms with van der Waals surface area (Å²) in [7, 11) is -2.73. The zero-order valence-electron chi connectivity index (χ0n) is 24.9. The van der Waals surface area contributed by atoms with E-state index in [0.29, 0.717) is 18.7 Å². The summed E-state index contributed by atoms with van der Waals surface area (Å²) in [5, 5.41) is 2.32. The van der Waals surface area contributed by atoms with Crippen LogP contribution in [-0.4, -0.2) is 32.3 Å². The van der Waals surface area contributed by atoms with E-state index in [9.17, 15) is 4.79 Å². The smallest absolute Gasteiger partial charge is 0.406 e. The van der Waals surface area contributed by atoms with Crippen molar-refractivity contribution in [3.63, 3.8) is 0 Å². The van der Waals surface area contributed by atoms with Crippen molar-refractivity contribution in [2.75, 3.05) is 13.2 Å². The summed E-state index contributed by atoms with van der Waals surface area (Å²) >= 11 is 0. The fourth-order valence-corrected chi connectivity index (χ4v) is 10.1. The molecule has 0 saturated carbocycles. The van der Waals surface area contributed by atoms with Crippen molar-refractivity contribution in [2.45, 2.75) is 45.2 Å². The fourth-order valence-electron chi connectivity index (χ4n) is 5.56. The zero-order chi connectivity index (χ0) is 28.1. The van der Waals surface area contributed by atoms with E-state index < -0.39 is 13.9 Å². The number of hydrogen-bond donors (Lipinski definition) is 0. The largest absolute Gasteiger partial charge is 1.00 e. The summed E-state index contributed by atoms with van der Waals surface area (Å²) in [6.07, 6.45) is 0. The van der Waals surface area contributed by atoms with Gasteiger partial charge in [0.25, 0.3) is 8.32 Å². The van der Waals surface area contributed by atoms with Crippen molar-refractivity contribution in [1.82, 2.24) is 4.90 Å². The molecule has 0 aromatic heterocycles. The maximum atomic E-state index is 14.1. The summed E-state index contributed by atoms with van der Waals surface area (Å²) in [6.45, 7) is 16.0. The van der Waals surface area contributed by atoms with Crippen LogP contribution in [0.4, 0.5) is 0 Å². The van der Waals surface area contributed by atoms with Gasteiger partial charge in [0, 0.05) is 6.54 Å². The van der Waals surface area contributed by atoms with E-state index in [1.165, 1.54) is 10.4 Å². The van der Waals surface area contributed by atoms with E-state index in [0.717, 1.165) is 11.1 Å². The van der Waals surface area contributed by atoms with Gasteiger partial charge in [-0.2, -0.15) is 18.6 Å². The predicted octanol–water partition coefficient (Wildman–Crippen LogP) is 3.83. The van der Waals surface area contributed by atoms with Crippen LogP contribution in [0.5, 0.6) is 0 Å². The molecule has 0 unspecified atom stereocenters. The van der Waals surface area contributed by atoms with Crippen LogP contribution in [-0.2, 0) is 9.96 Å². The van der Waals surface area contributed by atoms with Crippen molar-refractivity contribution in [2.24, 2.45) is 0 Å². The third-order valence-corrected chi connectivity index (χ3v) is 12.7. The van der Waals surface area contributed by atoms with Crippen LogP contribution in [0.1, 0.15) is 56.1 Å². The van der Waals surface area contributed by atoms with Crippen LogP contribution in [0.25, 0.3) is 0 Å². The average molecular weight is 542 g/mol. The fraction of sp³-hybridized carbons (Fsp3) is 0.257. The molecule has 0 aliphatic heterocycles. The number of hydrogen-bond acceptors (Lipinski definition) is 2. The molecule has 4 aromatic carbocycles. The Kier molecular flexibility index (Phi) is 10.3. The molecule has 0 fully saturated rings. The maximum Gasteiger partial charge on any atom is 1.00 e. The Hall–Kier alpha value is -3.01. The van der Waals surface area contributed by atoms with Gasteiger partial charge in [0.15, 0.2) is 5.91 Å². The van der Waals surface area contributed by atoms with E-state index in [4.69, 9.17) is 4.43 Å². The van der Waals surface area contributed by atoms with Gasteiger partial charge in [-0.25, -0.2) is 0 Å². The molecule has 0 spiro atoms. The predicted molar refractivity (Wildman–Crippen MR) is 165 cm³/mol. The summed E-state index contributed by atoms with van der Waals surface area (Å²) in [4.78, 5) is 16.1. The third kappa shape index (κ3) is 6.32. The molecule has 0 N–H and O–H groups in total. The molecule has 1 amide bonds. The van der Waals surface area contributed by atoms with Gasteiger partial charge in [-0.1, -0.05) is 123 Å². The molecule has 40 heavy (non-hydrogen) atoms. The number of carbonyl (C=O) groups is 1. The molecule has 0 saturated heterocycles. The van der Waals surface area contributed by atoms with Gasteiger partial charge in [0.2, 0.25) is 0 Å². The first-order valence-electron chi connectivity index (χ1n) is 13.6. The van der Waals surface area contributed by atoms with E-state index in [2.05, 4.69) is 114 Å². The molecule has 0 atom stereocenters. The summed E-state index contributed by atoms with van der Waals surface area (Å²) < 4.78 is 7.17. The molecule has 3 nitrogen and oxygen atoms in total. The van der Waals surface area contributed by atoms with Gasteiger partial charge in [-0.05, 0) is 34.8 Å². The monoisotopic (exact) mass is 541 g/mol. The van der Waals surface area contributed by atoms with Gasteiger partial charge in [-0.3, -0.25) is 4.79 Å². The Morgan fingerprint density at radius 1 is 0.725 bits per heavy atom. The molecule has 202 valence electrons. The van der Waals surface area contributed by atoms with Crippen LogP contribution < -0.4 is 29.2 Å². The standard InChI is InChI=1S/C35H40NO2Si.Li/c1-28-18-16-17-25-32(28)33(37)36(35(5,6)29-19-10-7-11-20-29)26-27-38-39(34(2,3)4,30-21-12-8-13-22-30)31-23-14-9-15-24-31;/h7-25H,1,26-27H2,2-6H3;/q-1;+1. The minimum absolute atomic E-state index is 0. The minimum Gasteiger partial charge on any atom is -0.406 e. The molecule has 5 heteroatoms. The Morgan fingerprint density at radius 2 is 1.18 bits per heavy atom. The second kappa shape index (κ2) is 13.1. The van der Waals surface area contributed by atoms with E-state index in [1.807, 2.05) is 47.4 Å². The minimum atomic E-state index is -2.73.